The Labute approximate surface area is 135 Å². The molecule has 0 bridgehead atoms. The number of hydrogen-bond acceptors (Lipinski definition) is 3. The van der Waals surface area contributed by atoms with Gasteiger partial charge < -0.3 is 14.8 Å². The van der Waals surface area contributed by atoms with E-state index >= 15 is 0 Å². The van der Waals surface area contributed by atoms with Crippen LogP contribution in [0.15, 0.2) is 42.5 Å². The Morgan fingerprint density at radius 1 is 1.09 bits per heavy atom. The fraction of sp³-hybridized carbons (Fsp3) is 0.235. The molecule has 0 saturated heterocycles. The quantitative estimate of drug-likeness (QED) is 0.873. The van der Waals surface area contributed by atoms with Gasteiger partial charge in [0.25, 0.3) is 5.91 Å². The van der Waals surface area contributed by atoms with Crippen molar-refractivity contribution in [2.45, 2.75) is 13.8 Å². The summed E-state index contributed by atoms with van der Waals surface area (Å²) < 4.78 is 10.8. The van der Waals surface area contributed by atoms with Crippen LogP contribution in [0, 0.1) is 6.92 Å². The largest absolute Gasteiger partial charge is 0.494 e. The van der Waals surface area contributed by atoms with Gasteiger partial charge in [-0.2, -0.15) is 0 Å². The van der Waals surface area contributed by atoms with Gasteiger partial charge in [-0.1, -0.05) is 17.7 Å². The molecule has 5 heteroatoms. The average molecular weight is 320 g/mol. The predicted octanol–water partition coefficient (Wildman–Crippen LogP) is 4.06. The number of ether oxygens (including phenoxy) is 2. The maximum absolute atomic E-state index is 11.9. The summed E-state index contributed by atoms with van der Waals surface area (Å²) in [6, 6.07) is 12.5. The zero-order valence-electron chi connectivity index (χ0n) is 12.6. The van der Waals surface area contributed by atoms with Gasteiger partial charge in [-0.05, 0) is 55.8 Å². The first-order chi connectivity index (χ1) is 10.6. The summed E-state index contributed by atoms with van der Waals surface area (Å²) >= 11 is 6.02. The minimum Gasteiger partial charge on any atom is -0.494 e. The summed E-state index contributed by atoms with van der Waals surface area (Å²) in [6.45, 7) is 4.32. The van der Waals surface area contributed by atoms with Crippen molar-refractivity contribution in [1.29, 1.82) is 0 Å². The van der Waals surface area contributed by atoms with E-state index in [4.69, 9.17) is 21.1 Å². The Morgan fingerprint density at radius 3 is 2.36 bits per heavy atom. The molecule has 0 aliphatic rings. The van der Waals surface area contributed by atoms with Gasteiger partial charge in [0.05, 0.1) is 6.61 Å². The number of hydrogen-bond donors (Lipinski definition) is 1. The molecule has 0 aliphatic heterocycles. The molecule has 0 aromatic heterocycles. The molecular formula is C17H18ClNO3. The molecule has 0 spiro atoms. The van der Waals surface area contributed by atoms with E-state index in [1.165, 1.54) is 0 Å². The molecule has 0 fully saturated rings. The molecule has 0 unspecified atom stereocenters. The van der Waals surface area contributed by atoms with Gasteiger partial charge in [0.2, 0.25) is 0 Å². The standard InChI is InChI=1S/C17H18ClNO3/c1-3-21-13-7-9-14(10-8-13)22-11-17(20)19-16-6-4-5-15(18)12(16)2/h4-10H,3,11H2,1-2H3,(H,19,20). The predicted molar refractivity (Wildman–Crippen MR) is 87.9 cm³/mol. The highest BCUT2D eigenvalue weighted by molar-refractivity contribution is 6.31. The Morgan fingerprint density at radius 2 is 1.73 bits per heavy atom. The lowest BCUT2D eigenvalue weighted by Crippen LogP contribution is -2.20. The van der Waals surface area contributed by atoms with E-state index in [-0.39, 0.29) is 12.5 Å². The molecule has 2 aromatic rings. The lowest BCUT2D eigenvalue weighted by molar-refractivity contribution is -0.118. The zero-order valence-corrected chi connectivity index (χ0v) is 13.3. The molecule has 1 amide bonds. The Bertz CT molecular complexity index is 641. The van der Waals surface area contributed by atoms with Crippen molar-refractivity contribution in [2.24, 2.45) is 0 Å². The zero-order chi connectivity index (χ0) is 15.9. The van der Waals surface area contributed by atoms with Crippen LogP contribution < -0.4 is 14.8 Å². The third-order valence-electron chi connectivity index (χ3n) is 3.05. The lowest BCUT2D eigenvalue weighted by Gasteiger charge is -2.11. The Hall–Kier alpha value is -2.20. The maximum Gasteiger partial charge on any atom is 0.262 e. The number of nitrogens with one attached hydrogen (secondary N) is 1. The third kappa shape index (κ3) is 4.40. The average Bonchev–Trinajstić information content (AvgIpc) is 2.51. The first kappa shape index (κ1) is 16.2. The van der Waals surface area contributed by atoms with Crippen LogP contribution in [-0.4, -0.2) is 19.1 Å². The molecule has 0 atom stereocenters. The number of benzene rings is 2. The number of halogens is 1. The van der Waals surface area contributed by atoms with E-state index in [0.717, 1.165) is 11.3 Å². The normalized spacial score (nSPS) is 10.1. The first-order valence-electron chi connectivity index (χ1n) is 7.00. The second-order valence-corrected chi connectivity index (χ2v) is 5.06. The third-order valence-corrected chi connectivity index (χ3v) is 3.46. The van der Waals surface area contributed by atoms with Crippen LogP contribution in [0.4, 0.5) is 5.69 Å². The van der Waals surface area contributed by atoms with Crippen molar-refractivity contribution in [1.82, 2.24) is 0 Å². The first-order valence-corrected chi connectivity index (χ1v) is 7.38. The maximum atomic E-state index is 11.9. The van der Waals surface area contributed by atoms with Crippen LogP contribution in [0.1, 0.15) is 12.5 Å². The van der Waals surface area contributed by atoms with Crippen LogP contribution in [0.3, 0.4) is 0 Å². The van der Waals surface area contributed by atoms with Crippen LogP contribution >= 0.6 is 11.6 Å². The number of amides is 1. The minimum absolute atomic E-state index is 0.0695. The van der Waals surface area contributed by atoms with Gasteiger partial charge in [-0.15, -0.1) is 0 Å². The second-order valence-electron chi connectivity index (χ2n) is 4.65. The Kier molecular flexibility index (Phi) is 5.67. The van der Waals surface area contributed by atoms with E-state index in [9.17, 15) is 4.79 Å². The molecule has 2 aromatic carbocycles. The summed E-state index contributed by atoms with van der Waals surface area (Å²) in [4.78, 5) is 11.9. The fourth-order valence-electron chi connectivity index (χ4n) is 1.88. The van der Waals surface area contributed by atoms with Crippen molar-refractivity contribution in [3.8, 4) is 11.5 Å². The van der Waals surface area contributed by atoms with E-state index in [1.54, 1.807) is 42.5 Å². The lowest BCUT2D eigenvalue weighted by atomic mass is 10.2. The van der Waals surface area contributed by atoms with E-state index < -0.39 is 0 Å². The second kappa shape index (κ2) is 7.71. The van der Waals surface area contributed by atoms with Gasteiger partial charge in [0.15, 0.2) is 6.61 Å². The van der Waals surface area contributed by atoms with Crippen LogP contribution in [0.2, 0.25) is 5.02 Å². The van der Waals surface area contributed by atoms with Crippen molar-refractivity contribution in [2.75, 3.05) is 18.5 Å². The highest BCUT2D eigenvalue weighted by Gasteiger charge is 2.07. The highest BCUT2D eigenvalue weighted by Crippen LogP contribution is 2.23. The van der Waals surface area contributed by atoms with Gasteiger partial charge >= 0.3 is 0 Å². The number of rotatable bonds is 6. The van der Waals surface area contributed by atoms with Crippen molar-refractivity contribution < 1.29 is 14.3 Å². The number of carbonyl (C=O) groups excluding carboxylic acids is 1. The molecule has 2 rings (SSSR count). The van der Waals surface area contributed by atoms with Gasteiger partial charge in [0.1, 0.15) is 11.5 Å². The Balaban J connectivity index is 1.88. The van der Waals surface area contributed by atoms with Crippen molar-refractivity contribution >= 4 is 23.2 Å². The number of anilines is 1. The van der Waals surface area contributed by atoms with Gasteiger partial charge in [-0.25, -0.2) is 0 Å². The smallest absolute Gasteiger partial charge is 0.262 e. The topological polar surface area (TPSA) is 47.6 Å². The van der Waals surface area contributed by atoms with Crippen molar-refractivity contribution in [3.05, 3.63) is 53.1 Å². The van der Waals surface area contributed by atoms with E-state index in [1.807, 2.05) is 13.8 Å². The summed E-state index contributed by atoms with van der Waals surface area (Å²) in [5, 5.41) is 3.40. The molecule has 0 saturated carbocycles. The fourth-order valence-corrected chi connectivity index (χ4v) is 2.05. The van der Waals surface area contributed by atoms with Crippen LogP contribution in [0.25, 0.3) is 0 Å². The highest BCUT2D eigenvalue weighted by atomic mass is 35.5. The molecular weight excluding hydrogens is 302 g/mol. The van der Waals surface area contributed by atoms with E-state index in [2.05, 4.69) is 5.32 Å². The summed E-state index contributed by atoms with van der Waals surface area (Å²) in [7, 11) is 0. The van der Waals surface area contributed by atoms with Gasteiger partial charge in [0, 0.05) is 10.7 Å². The number of carbonyl (C=O) groups is 1. The molecule has 0 aliphatic carbocycles. The van der Waals surface area contributed by atoms with Crippen LogP contribution in [0.5, 0.6) is 11.5 Å². The molecule has 0 heterocycles. The van der Waals surface area contributed by atoms with Crippen LogP contribution in [-0.2, 0) is 4.79 Å². The van der Waals surface area contributed by atoms with Gasteiger partial charge in [-0.3, -0.25) is 4.79 Å². The molecule has 0 radical (unpaired) electrons. The SMILES string of the molecule is CCOc1ccc(OCC(=O)Nc2cccc(Cl)c2C)cc1. The summed E-state index contributed by atoms with van der Waals surface area (Å²) in [6.07, 6.45) is 0. The monoisotopic (exact) mass is 319 g/mol. The van der Waals surface area contributed by atoms with E-state index in [0.29, 0.717) is 23.1 Å². The molecule has 4 nitrogen and oxygen atoms in total. The molecule has 116 valence electrons. The molecule has 1 N–H and O–H groups in total. The minimum atomic E-state index is -0.237. The molecule has 22 heavy (non-hydrogen) atoms. The van der Waals surface area contributed by atoms with Crippen molar-refractivity contribution in [3.63, 3.8) is 0 Å². The summed E-state index contributed by atoms with van der Waals surface area (Å²) in [5.41, 5.74) is 1.52. The summed E-state index contributed by atoms with van der Waals surface area (Å²) in [5.74, 6) is 1.15.